The number of benzene rings is 2. The van der Waals surface area contributed by atoms with E-state index >= 15 is 0 Å². The van der Waals surface area contributed by atoms with Crippen LogP contribution >= 0.6 is 0 Å². The summed E-state index contributed by atoms with van der Waals surface area (Å²) in [5.41, 5.74) is 5.10. The lowest BCUT2D eigenvalue weighted by molar-refractivity contribution is -0.113. The van der Waals surface area contributed by atoms with E-state index in [-0.39, 0.29) is 33.6 Å². The molecule has 0 saturated carbocycles. The van der Waals surface area contributed by atoms with Crippen molar-refractivity contribution >= 4 is 27.2 Å². The van der Waals surface area contributed by atoms with Crippen LogP contribution in [0.4, 0.5) is 0 Å². The normalized spacial score (nSPS) is 22.2. The Morgan fingerprint density at radius 1 is 1.10 bits per heavy atom. The van der Waals surface area contributed by atoms with Crippen LogP contribution in [0.2, 0.25) is 0 Å². The second-order valence-electron chi connectivity index (χ2n) is 9.84. The predicted octanol–water partition coefficient (Wildman–Crippen LogP) is 3.78. The summed E-state index contributed by atoms with van der Waals surface area (Å²) >= 11 is 0. The molecule has 0 saturated heterocycles. The number of rotatable bonds is 4. The number of sulfonamides is 1. The van der Waals surface area contributed by atoms with Crippen LogP contribution in [-0.4, -0.2) is 44.7 Å². The van der Waals surface area contributed by atoms with Gasteiger partial charge in [-0.2, -0.15) is 14.9 Å². The van der Waals surface area contributed by atoms with Gasteiger partial charge in [0.2, 0.25) is 10.0 Å². The predicted molar refractivity (Wildman–Crippen MR) is 145 cm³/mol. The summed E-state index contributed by atoms with van der Waals surface area (Å²) in [4.78, 5) is 13.0. The number of carbonyl (C=O) groups is 1. The van der Waals surface area contributed by atoms with Gasteiger partial charge in [-0.1, -0.05) is 31.2 Å². The van der Waals surface area contributed by atoms with Crippen LogP contribution < -0.4 is 4.72 Å². The molecule has 2 aliphatic rings. The van der Waals surface area contributed by atoms with Crippen molar-refractivity contribution < 1.29 is 18.3 Å². The smallest absolute Gasteiger partial charge is 0.243 e. The van der Waals surface area contributed by atoms with E-state index in [0.717, 1.165) is 22.5 Å². The third-order valence-electron chi connectivity index (χ3n) is 7.33. The van der Waals surface area contributed by atoms with Gasteiger partial charge >= 0.3 is 0 Å². The maximum Gasteiger partial charge on any atom is 0.243 e. The summed E-state index contributed by atoms with van der Waals surface area (Å²) in [6.07, 6.45) is 5.16. The van der Waals surface area contributed by atoms with Gasteiger partial charge < -0.3 is 5.11 Å². The number of hydrogen-bond donors (Lipinski definition) is 3. The van der Waals surface area contributed by atoms with E-state index in [0.29, 0.717) is 24.0 Å². The average Bonchev–Trinajstić information content (AvgIpc) is 3.62. The Hall–Kier alpha value is -4.19. The monoisotopic (exact) mass is 542 g/mol. The summed E-state index contributed by atoms with van der Waals surface area (Å²) in [6, 6.07) is 14.4. The molecule has 0 fully saturated rings. The summed E-state index contributed by atoms with van der Waals surface area (Å²) in [5, 5.41) is 28.4. The average molecular weight is 543 g/mol. The van der Waals surface area contributed by atoms with Gasteiger partial charge in [0.25, 0.3) is 0 Å². The lowest BCUT2D eigenvalue weighted by Gasteiger charge is -2.24. The number of aliphatic hydroxyl groups excluding tert-OH is 1. The fourth-order valence-electron chi connectivity index (χ4n) is 5.42. The second-order valence-corrected chi connectivity index (χ2v) is 11.5. The molecule has 2 aromatic carbocycles. The van der Waals surface area contributed by atoms with Gasteiger partial charge in [0.15, 0.2) is 11.6 Å². The third-order valence-corrected chi connectivity index (χ3v) is 8.81. The van der Waals surface area contributed by atoms with Gasteiger partial charge in [0.05, 0.1) is 34.2 Å². The number of nitrogens with zero attached hydrogens (tertiary/aromatic N) is 4. The number of aromatic nitrogens is 4. The third kappa shape index (κ3) is 4.15. The minimum absolute atomic E-state index is 0.00747. The topological polar surface area (TPSA) is 143 Å². The van der Waals surface area contributed by atoms with Crippen molar-refractivity contribution in [3.63, 3.8) is 0 Å². The Morgan fingerprint density at radius 3 is 2.62 bits per heavy atom. The first kappa shape index (κ1) is 25.1. The Morgan fingerprint density at radius 2 is 1.87 bits per heavy atom. The van der Waals surface area contributed by atoms with Crippen LogP contribution in [-0.2, 0) is 14.8 Å². The molecular formula is C28H26N6O4S. The fraction of sp³-hybridized carbons (Fsp3) is 0.214. The van der Waals surface area contributed by atoms with Gasteiger partial charge in [-0.3, -0.25) is 10.2 Å². The number of hydrogen-bond acceptors (Lipinski definition) is 7. The highest BCUT2D eigenvalue weighted by Gasteiger charge is 2.34. The van der Waals surface area contributed by atoms with Gasteiger partial charge in [0.1, 0.15) is 6.23 Å². The maximum absolute atomic E-state index is 13.0. The lowest BCUT2D eigenvalue weighted by Crippen LogP contribution is -2.25. The maximum atomic E-state index is 13.0. The highest BCUT2D eigenvalue weighted by molar-refractivity contribution is 7.89. The largest absolute Gasteiger partial charge is 0.373 e. The molecule has 11 heteroatoms. The van der Waals surface area contributed by atoms with Crippen molar-refractivity contribution in [2.45, 2.75) is 43.7 Å². The standard InChI is InChI=1S/C28H26N6O4S/c1-16-8-10-21(18-9-11-24-22(12-18)28(36)32-39(24,37)38)25(17(2)35)27(29)34-26(16)23(14-31-34)19-13-30-33(15-19)20-6-4-3-5-7-20/h3-7,9,11-16,28-29,32,36H,8,10H2,1-2H3/b25-21+,29-27?. The molecule has 0 amide bonds. The molecule has 6 rings (SSSR count). The fourth-order valence-corrected chi connectivity index (χ4v) is 6.70. The first-order valence-corrected chi connectivity index (χ1v) is 14.0. The molecule has 2 aliphatic heterocycles. The van der Waals surface area contributed by atoms with Gasteiger partial charge in [-0.15, -0.1) is 0 Å². The van der Waals surface area contributed by atoms with E-state index in [1.165, 1.54) is 17.7 Å². The molecule has 0 radical (unpaired) electrons. The number of nitrogens with one attached hydrogen (secondary N) is 2. The summed E-state index contributed by atoms with van der Waals surface area (Å²) < 4.78 is 30.0. The molecule has 4 heterocycles. The summed E-state index contributed by atoms with van der Waals surface area (Å²) in [6.45, 7) is 3.47. The SMILES string of the molecule is CC(=O)/C1=C(\c2ccc3c(c2)C(O)NS3(=O)=O)CCC(C)c2c(-c3cnn(-c4ccccc4)c3)cnn2C1=N. The van der Waals surface area contributed by atoms with Crippen LogP contribution in [0.15, 0.2) is 77.6 Å². The Bertz CT molecular complexity index is 1790. The Balaban J connectivity index is 1.45. The van der Waals surface area contributed by atoms with E-state index in [4.69, 9.17) is 5.41 Å². The van der Waals surface area contributed by atoms with Crippen molar-refractivity contribution in [2.24, 2.45) is 0 Å². The van der Waals surface area contributed by atoms with E-state index in [1.807, 2.05) is 36.5 Å². The number of Topliss-reactive ketones (excluding diaryl/α,β-unsaturated/α-hetero) is 1. The van der Waals surface area contributed by atoms with Crippen LogP contribution in [0.25, 0.3) is 22.4 Å². The van der Waals surface area contributed by atoms with Crippen LogP contribution in [0.1, 0.15) is 55.7 Å². The van der Waals surface area contributed by atoms with Crippen molar-refractivity contribution in [3.05, 3.63) is 89.5 Å². The zero-order chi connectivity index (χ0) is 27.5. The number of para-hydroxylation sites is 1. The molecule has 0 bridgehead atoms. The number of ketones is 1. The summed E-state index contributed by atoms with van der Waals surface area (Å²) in [7, 11) is -3.79. The molecular weight excluding hydrogens is 516 g/mol. The zero-order valence-electron chi connectivity index (χ0n) is 21.3. The molecule has 0 spiro atoms. The van der Waals surface area contributed by atoms with E-state index in [1.54, 1.807) is 29.2 Å². The van der Waals surface area contributed by atoms with Gasteiger partial charge in [-0.05, 0) is 61.1 Å². The highest BCUT2D eigenvalue weighted by Crippen LogP contribution is 2.39. The van der Waals surface area contributed by atoms with Crippen LogP contribution in [0.3, 0.4) is 0 Å². The molecule has 2 aromatic heterocycles. The van der Waals surface area contributed by atoms with Gasteiger partial charge in [0, 0.05) is 22.9 Å². The molecule has 198 valence electrons. The molecule has 3 N–H and O–H groups in total. The summed E-state index contributed by atoms with van der Waals surface area (Å²) in [5.74, 6) is -0.364. The van der Waals surface area contributed by atoms with Crippen molar-refractivity contribution in [1.29, 1.82) is 5.41 Å². The van der Waals surface area contributed by atoms with Gasteiger partial charge in [-0.25, -0.2) is 17.8 Å². The minimum Gasteiger partial charge on any atom is -0.373 e. The van der Waals surface area contributed by atoms with E-state index in [9.17, 15) is 18.3 Å². The lowest BCUT2D eigenvalue weighted by atomic mass is 9.86. The zero-order valence-corrected chi connectivity index (χ0v) is 22.1. The molecule has 39 heavy (non-hydrogen) atoms. The first-order chi connectivity index (χ1) is 18.7. The molecule has 10 nitrogen and oxygen atoms in total. The number of aliphatic hydroxyl groups is 1. The number of fused-ring (bicyclic) bond motifs is 2. The highest BCUT2D eigenvalue weighted by atomic mass is 32.2. The quantitative estimate of drug-likeness (QED) is 0.358. The minimum atomic E-state index is -3.79. The second kappa shape index (κ2) is 9.23. The first-order valence-electron chi connectivity index (χ1n) is 12.5. The van der Waals surface area contributed by atoms with Crippen LogP contribution in [0.5, 0.6) is 0 Å². The molecule has 0 aliphatic carbocycles. The molecule has 2 unspecified atom stereocenters. The van der Waals surface area contributed by atoms with Crippen molar-refractivity contribution in [3.8, 4) is 16.8 Å². The van der Waals surface area contributed by atoms with E-state index in [2.05, 4.69) is 21.8 Å². The number of carbonyl (C=O) groups excluding carboxylic acids is 1. The van der Waals surface area contributed by atoms with Crippen molar-refractivity contribution in [1.82, 2.24) is 24.3 Å². The van der Waals surface area contributed by atoms with Crippen LogP contribution in [0, 0.1) is 5.41 Å². The number of allylic oxidation sites excluding steroid dienone is 2. The van der Waals surface area contributed by atoms with Crippen molar-refractivity contribution in [2.75, 3.05) is 0 Å². The van der Waals surface area contributed by atoms with E-state index < -0.39 is 16.3 Å². The Kier molecular flexibility index (Phi) is 5.94. The Labute approximate surface area is 225 Å². The molecule has 4 aromatic rings. The molecule has 2 atom stereocenters.